The van der Waals surface area contributed by atoms with Crippen molar-refractivity contribution in [1.29, 1.82) is 0 Å². The Bertz CT molecular complexity index is 701. The van der Waals surface area contributed by atoms with Crippen LogP contribution in [-0.4, -0.2) is 26.1 Å². The average molecular weight is 275 g/mol. The second-order valence-electron chi connectivity index (χ2n) is 4.81. The van der Waals surface area contributed by atoms with Gasteiger partial charge < -0.3 is 10.3 Å². The quantitative estimate of drug-likeness (QED) is 0.774. The zero-order valence-electron chi connectivity index (χ0n) is 11.9. The molecular weight excluding hydrogens is 258 g/mol. The third kappa shape index (κ3) is 2.76. The average Bonchev–Trinajstić information content (AvgIpc) is 2.74. The second kappa shape index (κ2) is 5.28. The molecule has 1 atom stereocenters. The summed E-state index contributed by atoms with van der Waals surface area (Å²) in [6.45, 7) is 7.05. The smallest absolute Gasteiger partial charge is 0.261 e. The number of aryl methyl sites for hydroxylation is 3. The molecule has 2 aromatic heterocycles. The van der Waals surface area contributed by atoms with Crippen molar-refractivity contribution >= 4 is 5.91 Å². The van der Waals surface area contributed by atoms with E-state index in [-0.39, 0.29) is 11.6 Å². The maximum atomic E-state index is 12.2. The lowest BCUT2D eigenvalue weighted by Crippen LogP contribution is -2.33. The summed E-state index contributed by atoms with van der Waals surface area (Å²) in [6, 6.07) is 1.38. The number of H-pyrrole nitrogens is 2. The molecule has 7 heteroatoms. The Morgan fingerprint density at radius 3 is 2.60 bits per heavy atom. The van der Waals surface area contributed by atoms with Gasteiger partial charge in [0.2, 0.25) is 0 Å². The summed E-state index contributed by atoms with van der Waals surface area (Å²) in [5, 5.41) is 9.42. The maximum Gasteiger partial charge on any atom is 0.261 e. The van der Waals surface area contributed by atoms with Gasteiger partial charge in [-0.3, -0.25) is 14.7 Å². The van der Waals surface area contributed by atoms with E-state index in [1.54, 1.807) is 33.8 Å². The summed E-state index contributed by atoms with van der Waals surface area (Å²) in [4.78, 5) is 30.8. The van der Waals surface area contributed by atoms with Gasteiger partial charge in [-0.2, -0.15) is 5.10 Å². The first-order valence-corrected chi connectivity index (χ1v) is 6.28. The third-order valence-electron chi connectivity index (χ3n) is 2.94. The molecule has 1 amide bonds. The zero-order chi connectivity index (χ0) is 14.9. The SMILES string of the molecule is Cc1cc(C)c(C(=O)NC(C)c2n[nH]c(C)n2)c(=O)[nH]1. The van der Waals surface area contributed by atoms with Crippen molar-refractivity contribution in [2.24, 2.45) is 0 Å². The number of aromatic nitrogens is 4. The number of rotatable bonds is 3. The van der Waals surface area contributed by atoms with Crippen LogP contribution in [0.1, 0.15) is 46.2 Å². The number of amides is 1. The summed E-state index contributed by atoms with van der Waals surface area (Å²) >= 11 is 0. The molecule has 0 aromatic carbocycles. The first kappa shape index (κ1) is 14.0. The van der Waals surface area contributed by atoms with E-state index in [4.69, 9.17) is 0 Å². The molecule has 7 nitrogen and oxygen atoms in total. The Balaban J connectivity index is 2.23. The van der Waals surface area contributed by atoms with Gasteiger partial charge in [-0.05, 0) is 39.3 Å². The van der Waals surface area contributed by atoms with Crippen LogP contribution in [0, 0.1) is 20.8 Å². The fourth-order valence-corrected chi connectivity index (χ4v) is 2.02. The topological polar surface area (TPSA) is 104 Å². The van der Waals surface area contributed by atoms with Gasteiger partial charge in [0.25, 0.3) is 11.5 Å². The van der Waals surface area contributed by atoms with Crippen LogP contribution >= 0.6 is 0 Å². The molecule has 2 aromatic rings. The van der Waals surface area contributed by atoms with Crippen molar-refractivity contribution in [1.82, 2.24) is 25.5 Å². The van der Waals surface area contributed by atoms with E-state index in [9.17, 15) is 9.59 Å². The maximum absolute atomic E-state index is 12.2. The highest BCUT2D eigenvalue weighted by atomic mass is 16.2. The largest absolute Gasteiger partial charge is 0.342 e. The van der Waals surface area contributed by atoms with Crippen molar-refractivity contribution < 1.29 is 4.79 Å². The molecule has 0 radical (unpaired) electrons. The molecule has 0 aliphatic heterocycles. The number of hydrogen-bond acceptors (Lipinski definition) is 4. The second-order valence-corrected chi connectivity index (χ2v) is 4.81. The van der Waals surface area contributed by atoms with Gasteiger partial charge >= 0.3 is 0 Å². The van der Waals surface area contributed by atoms with E-state index in [1.165, 1.54) is 0 Å². The molecule has 0 aliphatic carbocycles. The van der Waals surface area contributed by atoms with E-state index in [1.807, 2.05) is 0 Å². The number of aromatic amines is 2. The van der Waals surface area contributed by atoms with Crippen molar-refractivity contribution in [2.45, 2.75) is 33.7 Å². The van der Waals surface area contributed by atoms with Crippen LogP contribution in [0.2, 0.25) is 0 Å². The Kier molecular flexibility index (Phi) is 3.69. The summed E-state index contributed by atoms with van der Waals surface area (Å²) in [7, 11) is 0. The highest BCUT2D eigenvalue weighted by Gasteiger charge is 2.19. The molecule has 20 heavy (non-hydrogen) atoms. The summed E-state index contributed by atoms with van der Waals surface area (Å²) in [5.41, 5.74) is 1.09. The molecule has 0 saturated heterocycles. The number of pyridine rings is 1. The van der Waals surface area contributed by atoms with Gasteiger partial charge in [0.15, 0.2) is 5.82 Å². The minimum atomic E-state index is -0.432. The molecule has 0 fully saturated rings. The van der Waals surface area contributed by atoms with Gasteiger partial charge in [-0.25, -0.2) is 4.98 Å². The zero-order valence-corrected chi connectivity index (χ0v) is 11.9. The molecule has 0 bridgehead atoms. The van der Waals surface area contributed by atoms with Crippen LogP contribution in [0.3, 0.4) is 0 Å². The monoisotopic (exact) mass is 275 g/mol. The Morgan fingerprint density at radius 2 is 2.05 bits per heavy atom. The number of nitrogens with one attached hydrogen (secondary N) is 3. The van der Waals surface area contributed by atoms with Crippen LogP contribution < -0.4 is 10.9 Å². The normalized spacial score (nSPS) is 12.2. The van der Waals surface area contributed by atoms with Gasteiger partial charge in [0.1, 0.15) is 11.4 Å². The summed E-state index contributed by atoms with van der Waals surface area (Å²) in [5.74, 6) is 0.723. The van der Waals surface area contributed by atoms with Crippen LogP contribution in [0.4, 0.5) is 0 Å². The van der Waals surface area contributed by atoms with E-state index >= 15 is 0 Å². The standard InChI is InChI=1S/C13H17N5O2/c1-6-5-7(2)14-12(19)10(6)13(20)15-8(3)11-16-9(4)17-18-11/h5,8H,1-4H3,(H,14,19)(H,15,20)(H,16,17,18). The first-order chi connectivity index (χ1) is 9.38. The van der Waals surface area contributed by atoms with Gasteiger partial charge in [0.05, 0.1) is 6.04 Å². The number of nitrogens with zero attached hydrogens (tertiary/aromatic N) is 2. The van der Waals surface area contributed by atoms with E-state index < -0.39 is 11.5 Å². The Morgan fingerprint density at radius 1 is 1.35 bits per heavy atom. The number of hydrogen-bond donors (Lipinski definition) is 3. The number of carbonyl (C=O) groups is 1. The van der Waals surface area contributed by atoms with Gasteiger partial charge in [-0.1, -0.05) is 0 Å². The Hall–Kier alpha value is -2.44. The summed E-state index contributed by atoms with van der Waals surface area (Å²) in [6.07, 6.45) is 0. The first-order valence-electron chi connectivity index (χ1n) is 6.28. The minimum Gasteiger partial charge on any atom is -0.342 e. The Labute approximate surface area is 115 Å². The minimum absolute atomic E-state index is 0.120. The van der Waals surface area contributed by atoms with Gasteiger partial charge in [-0.15, -0.1) is 0 Å². The fourth-order valence-electron chi connectivity index (χ4n) is 2.02. The molecule has 2 heterocycles. The molecule has 106 valence electrons. The van der Waals surface area contributed by atoms with Crippen molar-refractivity contribution in [2.75, 3.05) is 0 Å². The van der Waals surface area contributed by atoms with Gasteiger partial charge in [0, 0.05) is 5.69 Å². The van der Waals surface area contributed by atoms with E-state index in [0.29, 0.717) is 17.2 Å². The molecular formula is C13H17N5O2. The lowest BCUT2D eigenvalue weighted by molar-refractivity contribution is 0.0936. The highest BCUT2D eigenvalue weighted by Crippen LogP contribution is 2.09. The van der Waals surface area contributed by atoms with Crippen LogP contribution in [-0.2, 0) is 0 Å². The van der Waals surface area contributed by atoms with Crippen molar-refractivity contribution in [3.63, 3.8) is 0 Å². The predicted molar refractivity (Wildman–Crippen MR) is 73.5 cm³/mol. The molecule has 0 spiro atoms. The third-order valence-corrected chi connectivity index (χ3v) is 2.94. The van der Waals surface area contributed by atoms with E-state index in [0.717, 1.165) is 5.69 Å². The molecule has 0 aliphatic rings. The molecule has 2 rings (SSSR count). The molecule has 3 N–H and O–H groups in total. The number of carbonyl (C=O) groups excluding carboxylic acids is 1. The van der Waals surface area contributed by atoms with Crippen LogP contribution in [0.5, 0.6) is 0 Å². The van der Waals surface area contributed by atoms with Crippen molar-refractivity contribution in [3.05, 3.63) is 44.9 Å². The van der Waals surface area contributed by atoms with Crippen LogP contribution in [0.25, 0.3) is 0 Å². The highest BCUT2D eigenvalue weighted by molar-refractivity contribution is 5.95. The molecule has 1 unspecified atom stereocenters. The van der Waals surface area contributed by atoms with Crippen molar-refractivity contribution in [3.8, 4) is 0 Å². The van der Waals surface area contributed by atoms with E-state index in [2.05, 4.69) is 25.5 Å². The predicted octanol–water partition coefficient (Wildman–Crippen LogP) is 0.909. The summed E-state index contributed by atoms with van der Waals surface area (Å²) < 4.78 is 0. The molecule has 0 saturated carbocycles. The lowest BCUT2D eigenvalue weighted by atomic mass is 10.1. The fraction of sp³-hybridized carbons (Fsp3) is 0.385. The van der Waals surface area contributed by atoms with Crippen LogP contribution in [0.15, 0.2) is 10.9 Å². The lowest BCUT2D eigenvalue weighted by Gasteiger charge is -2.11.